The van der Waals surface area contributed by atoms with Gasteiger partial charge in [0.15, 0.2) is 6.17 Å². The number of nitrogens with zero attached hydrogens (tertiary/aromatic N) is 3. The van der Waals surface area contributed by atoms with Crippen LogP contribution in [0.25, 0.3) is 0 Å². The lowest BCUT2D eigenvalue weighted by atomic mass is 10.1. The molecule has 102 valence electrons. The summed E-state index contributed by atoms with van der Waals surface area (Å²) in [6.07, 6.45) is 2.64. The summed E-state index contributed by atoms with van der Waals surface area (Å²) in [6.45, 7) is 2.47. The van der Waals surface area contributed by atoms with Crippen LogP contribution in [0.3, 0.4) is 0 Å². The normalized spacial score (nSPS) is 21.7. The summed E-state index contributed by atoms with van der Waals surface area (Å²) >= 11 is 3.41. The van der Waals surface area contributed by atoms with E-state index in [1.807, 2.05) is 14.1 Å². The van der Waals surface area contributed by atoms with E-state index < -0.39 is 6.17 Å². The number of nitrogens with one attached hydrogen (secondary N) is 1. The third-order valence-electron chi connectivity index (χ3n) is 3.31. The highest BCUT2D eigenvalue weighted by atomic mass is 79.9. The Bertz CT molecular complexity index is 387. The zero-order valence-corrected chi connectivity index (χ0v) is 12.5. The molecule has 4 nitrogen and oxygen atoms in total. The Kier molecular flexibility index (Phi) is 4.75. The summed E-state index contributed by atoms with van der Waals surface area (Å²) in [5.41, 5.74) is 0.663. The van der Waals surface area contributed by atoms with Crippen LogP contribution in [0.5, 0.6) is 0 Å². The second kappa shape index (κ2) is 6.12. The largest absolute Gasteiger partial charge is 0.311 e. The monoisotopic (exact) mass is 318 g/mol. The highest BCUT2D eigenvalue weighted by Gasteiger charge is 2.30. The van der Waals surface area contributed by atoms with Gasteiger partial charge in [0.05, 0.1) is 22.9 Å². The molecule has 0 bridgehead atoms. The van der Waals surface area contributed by atoms with E-state index in [0.717, 1.165) is 30.4 Å². The standard InChI is InChI=1S/C12H20BrFN4/c1-17(2)6-7-18-12(9(13)8-16-18)11(14)10-4-3-5-15-10/h8,10-11,15H,3-7H2,1-2H3. The molecular formula is C12H20BrFN4. The van der Waals surface area contributed by atoms with Gasteiger partial charge in [0.25, 0.3) is 0 Å². The Hall–Kier alpha value is -0.460. The van der Waals surface area contributed by atoms with E-state index in [1.54, 1.807) is 10.9 Å². The Labute approximate surface area is 116 Å². The van der Waals surface area contributed by atoms with Gasteiger partial charge in [-0.1, -0.05) is 0 Å². The van der Waals surface area contributed by atoms with Crippen LogP contribution in [-0.4, -0.2) is 47.9 Å². The first-order valence-electron chi connectivity index (χ1n) is 6.33. The fourth-order valence-corrected chi connectivity index (χ4v) is 2.79. The van der Waals surface area contributed by atoms with Gasteiger partial charge in [-0.25, -0.2) is 4.39 Å². The van der Waals surface area contributed by atoms with Gasteiger partial charge in [-0.05, 0) is 49.4 Å². The number of halogens is 2. The SMILES string of the molecule is CN(C)CCn1ncc(Br)c1C(F)C1CCCN1. The van der Waals surface area contributed by atoms with Crippen LogP contribution in [0, 0.1) is 0 Å². The van der Waals surface area contributed by atoms with E-state index in [2.05, 4.69) is 31.2 Å². The molecule has 2 heterocycles. The van der Waals surface area contributed by atoms with Crippen molar-refractivity contribution < 1.29 is 4.39 Å². The van der Waals surface area contributed by atoms with Crippen molar-refractivity contribution in [1.29, 1.82) is 0 Å². The number of aromatic nitrogens is 2. The van der Waals surface area contributed by atoms with Gasteiger partial charge in [-0.2, -0.15) is 5.10 Å². The number of rotatable bonds is 5. The van der Waals surface area contributed by atoms with E-state index in [4.69, 9.17) is 0 Å². The Balaban J connectivity index is 2.12. The molecule has 2 rings (SSSR count). The molecule has 2 atom stereocenters. The van der Waals surface area contributed by atoms with Crippen LogP contribution < -0.4 is 5.32 Å². The average Bonchev–Trinajstić information content (AvgIpc) is 2.94. The minimum atomic E-state index is -0.994. The van der Waals surface area contributed by atoms with E-state index in [9.17, 15) is 4.39 Å². The van der Waals surface area contributed by atoms with Crippen LogP contribution in [0.2, 0.25) is 0 Å². The van der Waals surface area contributed by atoms with Crippen LogP contribution in [0.1, 0.15) is 24.7 Å². The molecule has 0 saturated carbocycles. The van der Waals surface area contributed by atoms with Gasteiger partial charge in [-0.3, -0.25) is 4.68 Å². The number of hydrogen-bond acceptors (Lipinski definition) is 3. The van der Waals surface area contributed by atoms with E-state index in [1.165, 1.54) is 0 Å². The molecule has 6 heteroatoms. The predicted octanol–water partition coefficient (Wildman–Crippen LogP) is 1.97. The molecule has 1 aromatic rings. The van der Waals surface area contributed by atoms with Crippen LogP contribution >= 0.6 is 15.9 Å². The maximum absolute atomic E-state index is 14.6. The number of alkyl halides is 1. The van der Waals surface area contributed by atoms with Gasteiger partial charge >= 0.3 is 0 Å². The molecule has 18 heavy (non-hydrogen) atoms. The lowest BCUT2D eigenvalue weighted by molar-refractivity contribution is 0.249. The molecule has 1 N–H and O–H groups in total. The maximum atomic E-state index is 14.6. The molecule has 1 fully saturated rings. The molecular weight excluding hydrogens is 299 g/mol. The summed E-state index contributed by atoms with van der Waals surface area (Å²) in [4.78, 5) is 2.07. The quantitative estimate of drug-likeness (QED) is 0.901. The zero-order chi connectivity index (χ0) is 13.1. The minimum absolute atomic E-state index is 0.0730. The second-order valence-electron chi connectivity index (χ2n) is 5.01. The van der Waals surface area contributed by atoms with Crippen molar-refractivity contribution in [3.8, 4) is 0 Å². The van der Waals surface area contributed by atoms with E-state index in [-0.39, 0.29) is 6.04 Å². The van der Waals surface area contributed by atoms with Gasteiger partial charge in [0, 0.05) is 12.6 Å². The van der Waals surface area contributed by atoms with Gasteiger partial charge in [-0.15, -0.1) is 0 Å². The lowest BCUT2D eigenvalue weighted by Gasteiger charge is -2.19. The van der Waals surface area contributed by atoms with Gasteiger partial charge < -0.3 is 10.2 Å². The fourth-order valence-electron chi connectivity index (χ4n) is 2.27. The second-order valence-corrected chi connectivity index (χ2v) is 5.86. The third kappa shape index (κ3) is 3.10. The predicted molar refractivity (Wildman–Crippen MR) is 73.4 cm³/mol. The Morgan fingerprint density at radius 1 is 1.67 bits per heavy atom. The summed E-state index contributed by atoms with van der Waals surface area (Å²) in [6, 6.07) is -0.0730. The summed E-state index contributed by atoms with van der Waals surface area (Å²) in [7, 11) is 4.01. The van der Waals surface area contributed by atoms with E-state index >= 15 is 0 Å². The third-order valence-corrected chi connectivity index (χ3v) is 3.92. The van der Waals surface area contributed by atoms with Gasteiger partial charge in [0.1, 0.15) is 0 Å². The van der Waals surface area contributed by atoms with Gasteiger partial charge in [0.2, 0.25) is 0 Å². The van der Waals surface area contributed by atoms with Crippen molar-refractivity contribution in [2.45, 2.75) is 31.6 Å². The van der Waals surface area contributed by atoms with Crippen molar-refractivity contribution >= 4 is 15.9 Å². The highest BCUT2D eigenvalue weighted by molar-refractivity contribution is 9.10. The zero-order valence-electron chi connectivity index (χ0n) is 10.9. The number of likely N-dealkylation sites (N-methyl/N-ethyl adjacent to an activating group) is 1. The van der Waals surface area contributed by atoms with Crippen molar-refractivity contribution in [2.24, 2.45) is 0 Å². The molecule has 0 aliphatic carbocycles. The Morgan fingerprint density at radius 2 is 2.44 bits per heavy atom. The molecule has 1 aliphatic rings. The lowest BCUT2D eigenvalue weighted by Crippen LogP contribution is -2.29. The van der Waals surface area contributed by atoms with Crippen molar-refractivity contribution in [3.63, 3.8) is 0 Å². The van der Waals surface area contributed by atoms with E-state index in [0.29, 0.717) is 12.2 Å². The molecule has 1 saturated heterocycles. The van der Waals surface area contributed by atoms with Crippen LogP contribution in [0.15, 0.2) is 10.7 Å². The topological polar surface area (TPSA) is 33.1 Å². The molecule has 0 radical (unpaired) electrons. The van der Waals surface area contributed by atoms with Crippen LogP contribution in [-0.2, 0) is 6.54 Å². The van der Waals surface area contributed by atoms with Crippen LogP contribution in [0.4, 0.5) is 4.39 Å². The summed E-state index contributed by atoms with van der Waals surface area (Å²) in [5.74, 6) is 0. The molecule has 2 unspecified atom stereocenters. The molecule has 1 aliphatic heterocycles. The molecule has 1 aromatic heterocycles. The van der Waals surface area contributed by atoms with Crippen molar-refractivity contribution in [3.05, 3.63) is 16.4 Å². The first-order valence-corrected chi connectivity index (χ1v) is 7.12. The molecule has 0 aromatic carbocycles. The smallest absolute Gasteiger partial charge is 0.158 e. The first kappa shape index (κ1) is 14.0. The molecule has 0 amide bonds. The Morgan fingerprint density at radius 3 is 3.06 bits per heavy atom. The highest BCUT2D eigenvalue weighted by Crippen LogP contribution is 2.31. The number of hydrogen-bond donors (Lipinski definition) is 1. The van der Waals surface area contributed by atoms with Crippen molar-refractivity contribution in [1.82, 2.24) is 20.0 Å². The molecule has 0 spiro atoms. The average molecular weight is 319 g/mol. The summed E-state index contributed by atoms with van der Waals surface area (Å²) < 4.78 is 17.1. The minimum Gasteiger partial charge on any atom is -0.311 e. The first-order chi connectivity index (χ1) is 8.59. The fraction of sp³-hybridized carbons (Fsp3) is 0.750. The maximum Gasteiger partial charge on any atom is 0.158 e. The summed E-state index contributed by atoms with van der Waals surface area (Å²) in [5, 5.41) is 7.47. The van der Waals surface area contributed by atoms with Crippen molar-refractivity contribution in [2.75, 3.05) is 27.2 Å².